The number of carbonyl (C=O) groups excluding carboxylic acids is 1. The van der Waals surface area contributed by atoms with Crippen LogP contribution in [0.4, 0.5) is 4.79 Å². The SMILES string of the molecule is O=C(O)NC1(C(=O)N2CCN(Cc3ccccc3)CC2)CCCCC1. The molecule has 1 aliphatic heterocycles. The summed E-state index contributed by atoms with van der Waals surface area (Å²) in [4.78, 5) is 28.5. The lowest BCUT2D eigenvalue weighted by molar-refractivity contribution is -0.141. The van der Waals surface area contributed by atoms with Crippen LogP contribution in [0.25, 0.3) is 0 Å². The van der Waals surface area contributed by atoms with E-state index in [9.17, 15) is 14.7 Å². The number of hydrogen-bond acceptors (Lipinski definition) is 3. The Morgan fingerprint density at radius 1 is 1.00 bits per heavy atom. The lowest BCUT2D eigenvalue weighted by Crippen LogP contribution is -2.62. The molecule has 1 saturated heterocycles. The first kappa shape index (κ1) is 17.7. The van der Waals surface area contributed by atoms with Crippen molar-refractivity contribution < 1.29 is 14.7 Å². The third-order valence-electron chi connectivity index (χ3n) is 5.37. The highest BCUT2D eigenvalue weighted by molar-refractivity contribution is 5.90. The Morgan fingerprint density at radius 3 is 2.24 bits per heavy atom. The van der Waals surface area contributed by atoms with Crippen molar-refractivity contribution in [2.75, 3.05) is 26.2 Å². The van der Waals surface area contributed by atoms with Crippen LogP contribution in [0.2, 0.25) is 0 Å². The molecule has 1 aromatic rings. The predicted molar refractivity (Wildman–Crippen MR) is 95.3 cm³/mol. The second kappa shape index (κ2) is 7.87. The van der Waals surface area contributed by atoms with Crippen LogP contribution in [-0.4, -0.2) is 58.6 Å². The molecule has 2 amide bonds. The van der Waals surface area contributed by atoms with Crippen LogP contribution in [0.5, 0.6) is 0 Å². The fourth-order valence-electron chi connectivity index (χ4n) is 4.01. The minimum absolute atomic E-state index is 0.0334. The van der Waals surface area contributed by atoms with E-state index in [-0.39, 0.29) is 5.91 Å². The minimum Gasteiger partial charge on any atom is -0.465 e. The Hall–Kier alpha value is -2.08. The fraction of sp³-hybridized carbons (Fsp3) is 0.579. The van der Waals surface area contributed by atoms with Gasteiger partial charge >= 0.3 is 6.09 Å². The molecule has 6 nitrogen and oxygen atoms in total. The topological polar surface area (TPSA) is 72.9 Å². The second-order valence-corrected chi connectivity index (χ2v) is 7.13. The van der Waals surface area contributed by atoms with E-state index >= 15 is 0 Å². The van der Waals surface area contributed by atoms with Crippen LogP contribution < -0.4 is 5.32 Å². The van der Waals surface area contributed by atoms with Crippen molar-refractivity contribution in [3.63, 3.8) is 0 Å². The predicted octanol–water partition coefficient (Wildman–Crippen LogP) is 2.30. The van der Waals surface area contributed by atoms with E-state index in [0.29, 0.717) is 25.9 Å². The van der Waals surface area contributed by atoms with Gasteiger partial charge in [0, 0.05) is 32.7 Å². The number of piperazine rings is 1. The largest absolute Gasteiger partial charge is 0.465 e. The summed E-state index contributed by atoms with van der Waals surface area (Å²) in [6.07, 6.45) is 3.00. The summed E-state index contributed by atoms with van der Waals surface area (Å²) < 4.78 is 0. The molecule has 3 rings (SSSR count). The molecule has 0 bridgehead atoms. The molecule has 0 aromatic heterocycles. The van der Waals surface area contributed by atoms with Crippen LogP contribution in [0.3, 0.4) is 0 Å². The molecule has 2 fully saturated rings. The van der Waals surface area contributed by atoms with Crippen LogP contribution in [-0.2, 0) is 11.3 Å². The molecule has 1 aromatic carbocycles. The van der Waals surface area contributed by atoms with Gasteiger partial charge in [0.05, 0.1) is 0 Å². The first-order chi connectivity index (χ1) is 12.1. The summed E-state index contributed by atoms with van der Waals surface area (Å²) in [7, 11) is 0. The zero-order valence-corrected chi connectivity index (χ0v) is 14.6. The molecule has 2 N–H and O–H groups in total. The number of nitrogens with one attached hydrogen (secondary N) is 1. The highest BCUT2D eigenvalue weighted by Crippen LogP contribution is 2.30. The number of carbonyl (C=O) groups is 2. The number of carboxylic acid groups (broad SMARTS) is 1. The van der Waals surface area contributed by atoms with E-state index in [0.717, 1.165) is 38.9 Å². The van der Waals surface area contributed by atoms with Crippen LogP contribution >= 0.6 is 0 Å². The molecule has 0 unspecified atom stereocenters. The zero-order chi connectivity index (χ0) is 17.7. The Balaban J connectivity index is 1.59. The van der Waals surface area contributed by atoms with E-state index < -0.39 is 11.6 Å². The normalized spacial score (nSPS) is 20.9. The number of amides is 2. The molecule has 1 saturated carbocycles. The molecule has 1 aliphatic carbocycles. The highest BCUT2D eigenvalue weighted by atomic mass is 16.4. The zero-order valence-electron chi connectivity index (χ0n) is 14.6. The summed E-state index contributed by atoms with van der Waals surface area (Å²) in [6, 6.07) is 10.3. The average molecular weight is 345 g/mol. The van der Waals surface area contributed by atoms with Gasteiger partial charge < -0.3 is 15.3 Å². The van der Waals surface area contributed by atoms with E-state index in [1.807, 2.05) is 23.1 Å². The van der Waals surface area contributed by atoms with Crippen molar-refractivity contribution in [2.24, 2.45) is 0 Å². The summed E-state index contributed by atoms with van der Waals surface area (Å²) in [5.41, 5.74) is 0.365. The van der Waals surface area contributed by atoms with Gasteiger partial charge in [0.25, 0.3) is 0 Å². The molecule has 2 aliphatic rings. The molecular formula is C19H27N3O3. The van der Waals surface area contributed by atoms with E-state index in [1.54, 1.807) is 0 Å². The van der Waals surface area contributed by atoms with Crippen LogP contribution in [0.15, 0.2) is 30.3 Å². The molecule has 0 spiro atoms. The lowest BCUT2D eigenvalue weighted by Gasteiger charge is -2.42. The first-order valence-corrected chi connectivity index (χ1v) is 9.16. The van der Waals surface area contributed by atoms with Crippen molar-refractivity contribution >= 4 is 12.0 Å². The van der Waals surface area contributed by atoms with Gasteiger partial charge in [-0.15, -0.1) is 0 Å². The maximum atomic E-state index is 13.1. The Bertz CT molecular complexity index is 591. The van der Waals surface area contributed by atoms with Crippen molar-refractivity contribution in [1.29, 1.82) is 0 Å². The smallest absolute Gasteiger partial charge is 0.405 e. The van der Waals surface area contributed by atoms with Crippen LogP contribution in [0, 0.1) is 0 Å². The maximum absolute atomic E-state index is 13.1. The maximum Gasteiger partial charge on any atom is 0.405 e. The summed E-state index contributed by atoms with van der Waals surface area (Å²) in [5, 5.41) is 11.7. The van der Waals surface area contributed by atoms with E-state index in [4.69, 9.17) is 0 Å². The number of nitrogens with zero attached hydrogens (tertiary/aromatic N) is 2. The minimum atomic E-state index is -1.10. The van der Waals surface area contributed by atoms with Gasteiger partial charge in [-0.3, -0.25) is 9.69 Å². The van der Waals surface area contributed by atoms with E-state index in [2.05, 4.69) is 22.3 Å². The molecule has 6 heteroatoms. The number of hydrogen-bond donors (Lipinski definition) is 2. The van der Waals surface area contributed by atoms with Crippen LogP contribution in [0.1, 0.15) is 37.7 Å². The summed E-state index contributed by atoms with van der Waals surface area (Å²) in [6.45, 7) is 3.86. The van der Waals surface area contributed by atoms with Gasteiger partial charge in [-0.1, -0.05) is 49.6 Å². The highest BCUT2D eigenvalue weighted by Gasteiger charge is 2.43. The monoisotopic (exact) mass is 345 g/mol. The average Bonchev–Trinajstić information content (AvgIpc) is 2.63. The Kier molecular flexibility index (Phi) is 5.58. The number of benzene rings is 1. The number of rotatable bonds is 4. The summed E-state index contributed by atoms with van der Waals surface area (Å²) in [5.74, 6) is -0.0334. The lowest BCUT2D eigenvalue weighted by atomic mass is 9.80. The van der Waals surface area contributed by atoms with Gasteiger partial charge in [0.2, 0.25) is 5.91 Å². The van der Waals surface area contributed by atoms with Gasteiger partial charge in [-0.05, 0) is 18.4 Å². The molecule has 1 heterocycles. The van der Waals surface area contributed by atoms with Gasteiger partial charge in [-0.2, -0.15) is 0 Å². The first-order valence-electron chi connectivity index (χ1n) is 9.16. The molecule has 0 radical (unpaired) electrons. The van der Waals surface area contributed by atoms with Crippen molar-refractivity contribution in [3.8, 4) is 0 Å². The molecule has 136 valence electrons. The van der Waals surface area contributed by atoms with E-state index in [1.165, 1.54) is 5.56 Å². The molecule has 25 heavy (non-hydrogen) atoms. The Labute approximate surface area is 148 Å². The van der Waals surface area contributed by atoms with Gasteiger partial charge in [0.15, 0.2) is 0 Å². The second-order valence-electron chi connectivity index (χ2n) is 7.13. The fourth-order valence-corrected chi connectivity index (χ4v) is 4.01. The Morgan fingerprint density at radius 2 is 1.64 bits per heavy atom. The quantitative estimate of drug-likeness (QED) is 0.878. The third kappa shape index (κ3) is 4.31. The van der Waals surface area contributed by atoms with Gasteiger partial charge in [0.1, 0.15) is 5.54 Å². The van der Waals surface area contributed by atoms with Crippen molar-refractivity contribution in [3.05, 3.63) is 35.9 Å². The summed E-state index contributed by atoms with van der Waals surface area (Å²) >= 11 is 0. The van der Waals surface area contributed by atoms with Crippen molar-refractivity contribution in [1.82, 2.24) is 15.1 Å². The standard InChI is InChI=1S/C19H27N3O3/c23-17(19(20-18(24)25)9-5-2-6-10-19)22-13-11-21(12-14-22)15-16-7-3-1-4-8-16/h1,3-4,7-8,20H,2,5-6,9-15H2,(H,24,25). The molecular weight excluding hydrogens is 318 g/mol. The van der Waals surface area contributed by atoms with Gasteiger partial charge in [-0.25, -0.2) is 4.79 Å². The van der Waals surface area contributed by atoms with Crippen molar-refractivity contribution in [2.45, 2.75) is 44.2 Å². The third-order valence-corrected chi connectivity index (χ3v) is 5.37. The molecule has 0 atom stereocenters.